The fourth-order valence-electron chi connectivity index (χ4n) is 2.26. The van der Waals surface area contributed by atoms with Crippen molar-refractivity contribution in [3.63, 3.8) is 0 Å². The van der Waals surface area contributed by atoms with Crippen LogP contribution >= 0.6 is 28.1 Å². The molecule has 2 aromatic carbocycles. The second-order valence-electron chi connectivity index (χ2n) is 5.09. The van der Waals surface area contributed by atoms with Gasteiger partial charge in [-0.05, 0) is 49.0 Å². The highest BCUT2D eigenvalue weighted by Crippen LogP contribution is 2.28. The van der Waals surface area contributed by atoms with Crippen LogP contribution in [0.15, 0.2) is 40.9 Å². The van der Waals surface area contributed by atoms with Crippen molar-refractivity contribution in [2.45, 2.75) is 13.5 Å². The summed E-state index contributed by atoms with van der Waals surface area (Å²) in [6.45, 7) is -1.18. The molecule has 0 fully saturated rings. The lowest BCUT2D eigenvalue weighted by Gasteiger charge is -2.15. The molecule has 5 nitrogen and oxygen atoms in total. The van der Waals surface area contributed by atoms with Gasteiger partial charge in [-0.2, -0.15) is 8.78 Å². The van der Waals surface area contributed by atoms with Crippen molar-refractivity contribution in [1.82, 2.24) is 5.32 Å². The molecule has 2 aromatic rings. The molecule has 1 amide bonds. The molecule has 0 heterocycles. The maximum Gasteiger partial charge on any atom is 0.387 e. The van der Waals surface area contributed by atoms with Gasteiger partial charge in [0.15, 0.2) is 5.11 Å². The van der Waals surface area contributed by atoms with E-state index in [1.54, 1.807) is 25.1 Å². The van der Waals surface area contributed by atoms with E-state index in [0.29, 0.717) is 10.2 Å². The number of halogens is 3. The fourth-order valence-corrected chi connectivity index (χ4v) is 3.04. The molecule has 0 saturated heterocycles. The third-order valence-corrected chi connectivity index (χ3v) is 3.93. The summed E-state index contributed by atoms with van der Waals surface area (Å²) in [7, 11) is 1.46. The van der Waals surface area contributed by atoms with Gasteiger partial charge in [-0.3, -0.25) is 10.1 Å². The van der Waals surface area contributed by atoms with Gasteiger partial charge in [0.1, 0.15) is 11.5 Å². The Labute approximate surface area is 162 Å². The van der Waals surface area contributed by atoms with Crippen LogP contribution in [0.3, 0.4) is 0 Å². The Morgan fingerprint density at radius 2 is 1.96 bits per heavy atom. The minimum Gasteiger partial charge on any atom is -0.496 e. The fraction of sp³-hybridized carbons (Fsp3) is 0.176. The van der Waals surface area contributed by atoms with Crippen LogP contribution in [0.4, 0.5) is 14.5 Å². The normalized spacial score (nSPS) is 10.4. The molecule has 0 aromatic heterocycles. The highest BCUT2D eigenvalue weighted by Gasteiger charge is 2.17. The number of aryl methyl sites for hydroxylation is 1. The van der Waals surface area contributed by atoms with E-state index in [9.17, 15) is 13.6 Å². The smallest absolute Gasteiger partial charge is 0.387 e. The van der Waals surface area contributed by atoms with E-state index < -0.39 is 12.5 Å². The summed E-state index contributed by atoms with van der Waals surface area (Å²) in [6.07, 6.45) is 0. The average molecular weight is 445 g/mol. The second kappa shape index (κ2) is 8.91. The number of hydrogen-bond acceptors (Lipinski definition) is 4. The summed E-state index contributed by atoms with van der Waals surface area (Å²) in [5.74, 6) is -0.180. The first-order valence-corrected chi connectivity index (χ1v) is 8.52. The molecule has 26 heavy (non-hydrogen) atoms. The van der Waals surface area contributed by atoms with Gasteiger partial charge in [-0.15, -0.1) is 0 Å². The highest BCUT2D eigenvalue weighted by atomic mass is 79.9. The molecule has 0 aliphatic carbocycles. The molecule has 2 N–H and O–H groups in total. The lowest BCUT2D eigenvalue weighted by atomic mass is 10.1. The van der Waals surface area contributed by atoms with Gasteiger partial charge in [-0.25, -0.2) is 0 Å². The predicted molar refractivity (Wildman–Crippen MR) is 102 cm³/mol. The first kappa shape index (κ1) is 20.1. The number of hydrogen-bond donors (Lipinski definition) is 2. The van der Waals surface area contributed by atoms with Crippen molar-refractivity contribution < 1.29 is 23.0 Å². The minimum atomic E-state index is -2.98. The number of methoxy groups -OCH3 is 1. The van der Waals surface area contributed by atoms with E-state index in [-0.39, 0.29) is 22.1 Å². The lowest BCUT2D eigenvalue weighted by Crippen LogP contribution is -2.34. The van der Waals surface area contributed by atoms with Crippen molar-refractivity contribution in [2.24, 2.45) is 0 Å². The van der Waals surface area contributed by atoms with Crippen molar-refractivity contribution in [3.05, 3.63) is 52.0 Å². The molecular formula is C17H15BrF2N2O3S. The van der Waals surface area contributed by atoms with Crippen molar-refractivity contribution in [2.75, 3.05) is 12.4 Å². The number of thiocarbonyl (C=S) groups is 1. The number of benzene rings is 2. The highest BCUT2D eigenvalue weighted by molar-refractivity contribution is 9.10. The number of para-hydroxylation sites is 2. The Kier molecular flexibility index (Phi) is 6.87. The molecule has 0 atom stereocenters. The molecule has 138 valence electrons. The summed E-state index contributed by atoms with van der Waals surface area (Å²) < 4.78 is 35.3. The Hall–Kier alpha value is -2.26. The zero-order chi connectivity index (χ0) is 19.3. The standard InChI is InChI=1S/C17H15BrF2N2O3S/c1-9-7-10(18)8-11(14(9)24-2)15(23)22-17(26)21-12-5-3-4-6-13(12)25-16(19)20/h3-8,16H,1-2H3,(H2,21,22,23,26). The minimum absolute atomic E-state index is 0.0694. The Morgan fingerprint density at radius 1 is 1.27 bits per heavy atom. The number of anilines is 1. The molecule has 0 saturated carbocycles. The monoisotopic (exact) mass is 444 g/mol. The Balaban J connectivity index is 2.15. The van der Waals surface area contributed by atoms with Gasteiger partial charge in [-0.1, -0.05) is 28.1 Å². The molecule has 0 radical (unpaired) electrons. The predicted octanol–water partition coefficient (Wildman–Crippen LogP) is 4.49. The summed E-state index contributed by atoms with van der Waals surface area (Å²) in [5.41, 5.74) is 1.25. The van der Waals surface area contributed by atoms with Gasteiger partial charge in [0.2, 0.25) is 0 Å². The van der Waals surface area contributed by atoms with Gasteiger partial charge in [0, 0.05) is 4.47 Å². The lowest BCUT2D eigenvalue weighted by molar-refractivity contribution is -0.0493. The van der Waals surface area contributed by atoms with E-state index in [1.165, 1.54) is 19.2 Å². The van der Waals surface area contributed by atoms with Crippen LogP contribution < -0.4 is 20.1 Å². The molecule has 0 aliphatic heterocycles. The SMILES string of the molecule is COc1c(C)cc(Br)cc1C(=O)NC(=S)Nc1ccccc1OC(F)F. The number of carbonyl (C=O) groups is 1. The van der Waals surface area contributed by atoms with Gasteiger partial charge in [0.05, 0.1) is 18.4 Å². The molecule has 0 aliphatic rings. The first-order chi connectivity index (χ1) is 12.3. The maximum atomic E-state index is 12.5. The molecule has 2 rings (SSSR count). The van der Waals surface area contributed by atoms with E-state index in [0.717, 1.165) is 5.56 Å². The molecule has 9 heteroatoms. The van der Waals surface area contributed by atoms with E-state index in [4.69, 9.17) is 17.0 Å². The van der Waals surface area contributed by atoms with E-state index >= 15 is 0 Å². The number of carbonyl (C=O) groups excluding carboxylic acids is 1. The summed E-state index contributed by atoms with van der Waals surface area (Å²) >= 11 is 8.42. The Bertz CT molecular complexity index is 834. The van der Waals surface area contributed by atoms with Crippen molar-refractivity contribution >= 4 is 44.9 Å². The van der Waals surface area contributed by atoms with E-state index in [2.05, 4.69) is 31.3 Å². The largest absolute Gasteiger partial charge is 0.496 e. The summed E-state index contributed by atoms with van der Waals surface area (Å²) in [4.78, 5) is 12.5. The second-order valence-corrected chi connectivity index (χ2v) is 6.41. The van der Waals surface area contributed by atoms with E-state index in [1.807, 2.05) is 6.07 Å². The molecule has 0 spiro atoms. The van der Waals surface area contributed by atoms with Crippen LogP contribution in [-0.4, -0.2) is 24.7 Å². The third kappa shape index (κ3) is 5.12. The van der Waals surface area contributed by atoms with Crippen molar-refractivity contribution in [3.8, 4) is 11.5 Å². The third-order valence-electron chi connectivity index (χ3n) is 3.27. The zero-order valence-corrected chi connectivity index (χ0v) is 16.2. The van der Waals surface area contributed by atoms with Crippen LogP contribution in [-0.2, 0) is 0 Å². The van der Waals surface area contributed by atoms with Crippen LogP contribution in [0.2, 0.25) is 0 Å². The zero-order valence-electron chi connectivity index (χ0n) is 13.8. The number of amides is 1. The topological polar surface area (TPSA) is 59.6 Å². The van der Waals surface area contributed by atoms with Gasteiger partial charge < -0.3 is 14.8 Å². The molecule has 0 bridgehead atoms. The van der Waals surface area contributed by atoms with Gasteiger partial charge >= 0.3 is 6.61 Å². The van der Waals surface area contributed by atoms with Crippen LogP contribution in [0, 0.1) is 6.92 Å². The number of rotatable bonds is 5. The molecule has 0 unspecified atom stereocenters. The summed E-state index contributed by atoms with van der Waals surface area (Å²) in [6, 6.07) is 9.42. The molecular weight excluding hydrogens is 430 g/mol. The van der Waals surface area contributed by atoms with Crippen LogP contribution in [0.1, 0.15) is 15.9 Å². The van der Waals surface area contributed by atoms with Crippen LogP contribution in [0.5, 0.6) is 11.5 Å². The number of ether oxygens (including phenoxy) is 2. The average Bonchev–Trinajstić information content (AvgIpc) is 2.55. The Morgan fingerprint density at radius 3 is 2.62 bits per heavy atom. The van der Waals surface area contributed by atoms with Crippen molar-refractivity contribution in [1.29, 1.82) is 0 Å². The first-order valence-electron chi connectivity index (χ1n) is 7.32. The van der Waals surface area contributed by atoms with Gasteiger partial charge in [0.25, 0.3) is 5.91 Å². The number of alkyl halides is 2. The maximum absolute atomic E-state index is 12.5. The number of nitrogens with one attached hydrogen (secondary N) is 2. The quantitative estimate of drug-likeness (QED) is 0.665. The summed E-state index contributed by atoms with van der Waals surface area (Å²) in [5, 5.41) is 5.09. The van der Waals surface area contributed by atoms with Crippen LogP contribution in [0.25, 0.3) is 0 Å².